The fourth-order valence-electron chi connectivity index (χ4n) is 1.01. The van der Waals surface area contributed by atoms with Crippen LogP contribution >= 0.6 is 11.8 Å². The van der Waals surface area contributed by atoms with Crippen molar-refractivity contribution >= 4 is 11.8 Å². The van der Waals surface area contributed by atoms with E-state index in [0.717, 1.165) is 17.9 Å². The molecular formula is C6H13NOS. The highest BCUT2D eigenvalue weighted by Crippen LogP contribution is 2.21. The molecule has 1 heterocycles. The van der Waals surface area contributed by atoms with Gasteiger partial charge in [0.15, 0.2) is 0 Å². The molecule has 0 aromatic rings. The largest absolute Gasteiger partial charge is 0.393 e. The Labute approximate surface area is 59.8 Å². The molecular weight excluding hydrogens is 134 g/mol. The van der Waals surface area contributed by atoms with E-state index in [0.29, 0.717) is 12.5 Å². The molecule has 0 spiro atoms. The van der Waals surface area contributed by atoms with Crippen LogP contribution in [-0.2, 0) is 0 Å². The van der Waals surface area contributed by atoms with Crippen molar-refractivity contribution in [1.82, 2.24) is 0 Å². The van der Waals surface area contributed by atoms with Crippen LogP contribution < -0.4 is 5.73 Å². The zero-order valence-electron chi connectivity index (χ0n) is 5.42. The number of aliphatic hydroxyl groups is 1. The lowest BCUT2D eigenvalue weighted by Gasteiger charge is -2.25. The first-order chi connectivity index (χ1) is 4.34. The molecule has 1 aliphatic heterocycles. The summed E-state index contributed by atoms with van der Waals surface area (Å²) in [6.45, 7) is 0.633. The van der Waals surface area contributed by atoms with Gasteiger partial charge in [-0.1, -0.05) is 0 Å². The Kier molecular flexibility index (Phi) is 2.82. The average molecular weight is 147 g/mol. The van der Waals surface area contributed by atoms with E-state index < -0.39 is 0 Å². The first-order valence-electron chi connectivity index (χ1n) is 3.30. The van der Waals surface area contributed by atoms with Gasteiger partial charge >= 0.3 is 0 Å². The van der Waals surface area contributed by atoms with Gasteiger partial charge < -0.3 is 10.8 Å². The third kappa shape index (κ3) is 1.85. The first kappa shape index (κ1) is 7.38. The maximum atomic E-state index is 9.28. The molecule has 2 unspecified atom stereocenters. The molecule has 2 nitrogen and oxygen atoms in total. The Morgan fingerprint density at radius 2 is 2.44 bits per heavy atom. The van der Waals surface area contributed by atoms with Crippen LogP contribution in [0, 0.1) is 5.92 Å². The first-order valence-corrected chi connectivity index (χ1v) is 4.46. The minimum absolute atomic E-state index is 0.128. The molecule has 0 aliphatic carbocycles. The van der Waals surface area contributed by atoms with Crippen LogP contribution in [0.3, 0.4) is 0 Å². The van der Waals surface area contributed by atoms with E-state index in [1.54, 1.807) is 0 Å². The van der Waals surface area contributed by atoms with Gasteiger partial charge in [0.05, 0.1) is 6.10 Å². The Morgan fingerprint density at radius 1 is 1.67 bits per heavy atom. The molecule has 1 saturated heterocycles. The quantitative estimate of drug-likeness (QED) is 0.551. The maximum absolute atomic E-state index is 9.28. The SMILES string of the molecule is NCC1CSCCC1O. The lowest BCUT2D eigenvalue weighted by atomic mass is 10.0. The van der Waals surface area contributed by atoms with Crippen LogP contribution in [0.2, 0.25) is 0 Å². The number of hydrogen-bond donors (Lipinski definition) is 2. The number of nitrogens with two attached hydrogens (primary N) is 1. The average Bonchev–Trinajstić information content (AvgIpc) is 1.89. The van der Waals surface area contributed by atoms with E-state index in [4.69, 9.17) is 5.73 Å². The Balaban J connectivity index is 2.30. The Bertz CT molecular complexity index is 89.1. The predicted molar refractivity (Wildman–Crippen MR) is 40.5 cm³/mol. The van der Waals surface area contributed by atoms with Gasteiger partial charge in [0.1, 0.15) is 0 Å². The molecule has 0 aromatic carbocycles. The normalized spacial score (nSPS) is 36.7. The summed E-state index contributed by atoms with van der Waals surface area (Å²) >= 11 is 1.89. The van der Waals surface area contributed by atoms with Crippen molar-refractivity contribution in [3.05, 3.63) is 0 Å². The molecule has 9 heavy (non-hydrogen) atoms. The van der Waals surface area contributed by atoms with E-state index in [2.05, 4.69) is 0 Å². The Morgan fingerprint density at radius 3 is 2.89 bits per heavy atom. The van der Waals surface area contributed by atoms with Crippen molar-refractivity contribution in [3.8, 4) is 0 Å². The zero-order valence-corrected chi connectivity index (χ0v) is 6.23. The van der Waals surface area contributed by atoms with E-state index in [1.165, 1.54) is 0 Å². The Hall–Kier alpha value is 0.270. The summed E-state index contributed by atoms with van der Waals surface area (Å²) in [6, 6.07) is 0. The molecule has 3 N–H and O–H groups in total. The van der Waals surface area contributed by atoms with Crippen molar-refractivity contribution in [3.63, 3.8) is 0 Å². The third-order valence-electron chi connectivity index (χ3n) is 1.74. The molecule has 54 valence electrons. The number of rotatable bonds is 1. The summed E-state index contributed by atoms with van der Waals surface area (Å²) in [4.78, 5) is 0. The van der Waals surface area contributed by atoms with E-state index in [9.17, 15) is 5.11 Å². The van der Waals surface area contributed by atoms with Gasteiger partial charge in [0, 0.05) is 5.92 Å². The fraction of sp³-hybridized carbons (Fsp3) is 1.00. The molecule has 0 saturated carbocycles. The predicted octanol–water partition coefficient (Wildman–Crippen LogP) is 0.0591. The molecule has 0 radical (unpaired) electrons. The molecule has 0 aromatic heterocycles. The molecule has 1 aliphatic rings. The van der Waals surface area contributed by atoms with E-state index in [-0.39, 0.29) is 6.10 Å². The summed E-state index contributed by atoms with van der Waals surface area (Å²) in [5.41, 5.74) is 5.42. The summed E-state index contributed by atoms with van der Waals surface area (Å²) in [5, 5.41) is 9.28. The second-order valence-electron chi connectivity index (χ2n) is 2.43. The maximum Gasteiger partial charge on any atom is 0.0596 e. The van der Waals surface area contributed by atoms with Crippen LogP contribution in [0.25, 0.3) is 0 Å². The lowest BCUT2D eigenvalue weighted by molar-refractivity contribution is 0.116. The second kappa shape index (κ2) is 3.44. The molecule has 0 bridgehead atoms. The van der Waals surface area contributed by atoms with Crippen LogP contribution in [0.5, 0.6) is 0 Å². The van der Waals surface area contributed by atoms with Gasteiger partial charge in [-0.2, -0.15) is 11.8 Å². The van der Waals surface area contributed by atoms with Gasteiger partial charge in [0.25, 0.3) is 0 Å². The summed E-state index contributed by atoms with van der Waals surface area (Å²) in [5.74, 6) is 2.48. The highest BCUT2D eigenvalue weighted by Gasteiger charge is 2.21. The summed E-state index contributed by atoms with van der Waals surface area (Å²) < 4.78 is 0. The van der Waals surface area contributed by atoms with Gasteiger partial charge in [-0.05, 0) is 24.5 Å². The number of hydrogen-bond acceptors (Lipinski definition) is 3. The summed E-state index contributed by atoms with van der Waals surface area (Å²) in [7, 11) is 0. The molecule has 2 atom stereocenters. The van der Waals surface area contributed by atoms with Crippen molar-refractivity contribution < 1.29 is 5.11 Å². The van der Waals surface area contributed by atoms with Gasteiger partial charge in [-0.15, -0.1) is 0 Å². The molecule has 3 heteroatoms. The zero-order chi connectivity index (χ0) is 6.69. The van der Waals surface area contributed by atoms with E-state index >= 15 is 0 Å². The number of thioether (sulfide) groups is 1. The monoisotopic (exact) mass is 147 g/mol. The highest BCUT2D eigenvalue weighted by molar-refractivity contribution is 7.99. The minimum Gasteiger partial charge on any atom is -0.393 e. The van der Waals surface area contributed by atoms with Gasteiger partial charge in [0.2, 0.25) is 0 Å². The van der Waals surface area contributed by atoms with Crippen molar-refractivity contribution in [2.45, 2.75) is 12.5 Å². The van der Waals surface area contributed by atoms with Gasteiger partial charge in [-0.25, -0.2) is 0 Å². The van der Waals surface area contributed by atoms with Crippen molar-refractivity contribution in [2.75, 3.05) is 18.1 Å². The summed E-state index contributed by atoms with van der Waals surface area (Å²) in [6.07, 6.45) is 0.795. The minimum atomic E-state index is -0.128. The fourth-order valence-corrected chi connectivity index (χ4v) is 2.25. The van der Waals surface area contributed by atoms with Crippen molar-refractivity contribution in [2.24, 2.45) is 11.7 Å². The van der Waals surface area contributed by atoms with Crippen LogP contribution in [0.15, 0.2) is 0 Å². The molecule has 0 amide bonds. The van der Waals surface area contributed by atoms with Crippen LogP contribution in [-0.4, -0.2) is 29.3 Å². The van der Waals surface area contributed by atoms with Crippen LogP contribution in [0.4, 0.5) is 0 Å². The smallest absolute Gasteiger partial charge is 0.0596 e. The van der Waals surface area contributed by atoms with E-state index in [1.807, 2.05) is 11.8 Å². The molecule has 1 rings (SSSR count). The molecule has 1 fully saturated rings. The second-order valence-corrected chi connectivity index (χ2v) is 3.58. The van der Waals surface area contributed by atoms with Crippen molar-refractivity contribution in [1.29, 1.82) is 0 Å². The standard InChI is InChI=1S/C6H13NOS/c7-3-5-4-9-2-1-6(5)8/h5-6,8H,1-4,7H2. The topological polar surface area (TPSA) is 46.2 Å². The highest BCUT2D eigenvalue weighted by atomic mass is 32.2. The number of aliphatic hydroxyl groups excluding tert-OH is 1. The lowest BCUT2D eigenvalue weighted by Crippen LogP contribution is -2.33. The van der Waals surface area contributed by atoms with Gasteiger partial charge in [-0.3, -0.25) is 0 Å². The van der Waals surface area contributed by atoms with Crippen LogP contribution in [0.1, 0.15) is 6.42 Å². The third-order valence-corrected chi connectivity index (χ3v) is 2.93.